The van der Waals surface area contributed by atoms with Crippen LogP contribution in [0.5, 0.6) is 0 Å². The maximum Gasteiger partial charge on any atom is 0.306 e. The van der Waals surface area contributed by atoms with Gasteiger partial charge in [-0.2, -0.15) is 0 Å². The van der Waals surface area contributed by atoms with Gasteiger partial charge in [0, 0.05) is 13.0 Å². The Balaban J connectivity index is 4.14. The number of ether oxygens (including phenoxy) is 2. The van der Waals surface area contributed by atoms with Gasteiger partial charge < -0.3 is 27.9 Å². The van der Waals surface area contributed by atoms with Gasteiger partial charge >= 0.3 is 5.97 Å². The zero-order chi connectivity index (χ0) is 39.9. The number of nitrogens with zero attached hydrogens (tertiary/aromatic N) is 1. The molecular weight excluding hydrogens is 697 g/mol. The van der Waals surface area contributed by atoms with Gasteiger partial charge in [0.1, 0.15) is 19.3 Å². The third-order valence-corrected chi connectivity index (χ3v) is 11.4. The van der Waals surface area contributed by atoms with E-state index in [0.717, 1.165) is 32.1 Å². The number of unbranched alkanes of at least 4 members (excludes halogenated alkanes) is 30. The Morgan fingerprint density at radius 2 is 0.852 bits per heavy atom. The van der Waals surface area contributed by atoms with E-state index in [2.05, 4.69) is 13.8 Å². The summed E-state index contributed by atoms with van der Waals surface area (Å²) in [7, 11) is 1.38. The highest BCUT2D eigenvalue weighted by atomic mass is 31.2. The van der Waals surface area contributed by atoms with E-state index in [0.29, 0.717) is 24.1 Å². The molecule has 0 radical (unpaired) electrons. The smallest absolute Gasteiger partial charge is 0.306 e. The van der Waals surface area contributed by atoms with Crippen LogP contribution in [0.25, 0.3) is 0 Å². The largest absolute Gasteiger partial charge is 0.756 e. The first kappa shape index (κ1) is 53.5. The fourth-order valence-corrected chi connectivity index (χ4v) is 7.51. The van der Waals surface area contributed by atoms with Crippen molar-refractivity contribution in [2.24, 2.45) is 0 Å². The van der Waals surface area contributed by atoms with Gasteiger partial charge in [-0.25, -0.2) is 0 Å². The number of hydrogen-bond donors (Lipinski definition) is 0. The molecule has 9 heteroatoms. The highest BCUT2D eigenvalue weighted by Crippen LogP contribution is 2.38. The van der Waals surface area contributed by atoms with E-state index in [4.69, 9.17) is 18.5 Å². The van der Waals surface area contributed by atoms with Crippen molar-refractivity contribution in [1.29, 1.82) is 0 Å². The Morgan fingerprint density at radius 1 is 0.500 bits per heavy atom. The van der Waals surface area contributed by atoms with Gasteiger partial charge in [-0.05, 0) is 12.8 Å². The van der Waals surface area contributed by atoms with E-state index < -0.39 is 13.9 Å². The number of carbonyl (C=O) groups is 1. The molecule has 0 saturated carbocycles. The summed E-state index contributed by atoms with van der Waals surface area (Å²) in [6, 6.07) is 0. The predicted molar refractivity (Wildman–Crippen MR) is 227 cm³/mol. The van der Waals surface area contributed by atoms with Crippen LogP contribution < -0.4 is 4.89 Å². The molecule has 2 atom stereocenters. The molecule has 0 bridgehead atoms. The molecule has 8 nitrogen and oxygen atoms in total. The molecule has 0 aromatic heterocycles. The summed E-state index contributed by atoms with van der Waals surface area (Å²) in [5.74, 6) is -0.327. The van der Waals surface area contributed by atoms with E-state index >= 15 is 0 Å². The van der Waals surface area contributed by atoms with Crippen molar-refractivity contribution in [3.8, 4) is 0 Å². The lowest BCUT2D eigenvalue weighted by atomic mass is 10.0. The zero-order valence-corrected chi connectivity index (χ0v) is 37.6. The molecule has 54 heavy (non-hydrogen) atoms. The Kier molecular flexibility index (Phi) is 39.0. The number of esters is 1. The molecule has 0 spiro atoms. The normalized spacial score (nSPS) is 13.7. The molecular formula is C45H92NO7P. The number of phosphoric ester groups is 1. The summed E-state index contributed by atoms with van der Waals surface area (Å²) in [5, 5.41) is 0. The Hall–Kier alpha value is -0.500. The SMILES string of the molecule is CCCCCCCCCCCCCCCCCCCCC(=O)OC(COCCCCCCCCCCCCCCCC)COP(=O)([O-])OCC[N+](C)(C)C. The van der Waals surface area contributed by atoms with Crippen molar-refractivity contribution in [3.63, 3.8) is 0 Å². The fourth-order valence-electron chi connectivity index (χ4n) is 6.78. The average Bonchev–Trinajstić information content (AvgIpc) is 3.12. The molecule has 0 heterocycles. The summed E-state index contributed by atoms with van der Waals surface area (Å²) < 4.78 is 34.6. The van der Waals surface area contributed by atoms with Gasteiger partial charge in [0.15, 0.2) is 0 Å². The quantitative estimate of drug-likeness (QED) is 0.0262. The summed E-state index contributed by atoms with van der Waals surface area (Å²) in [6.07, 6.45) is 41.1. The van der Waals surface area contributed by atoms with Gasteiger partial charge in [-0.3, -0.25) is 9.36 Å². The first-order chi connectivity index (χ1) is 26.1. The van der Waals surface area contributed by atoms with E-state index in [-0.39, 0.29) is 25.8 Å². The van der Waals surface area contributed by atoms with Gasteiger partial charge in [0.2, 0.25) is 0 Å². The molecule has 324 valence electrons. The molecule has 0 saturated heterocycles. The molecule has 0 aromatic rings. The van der Waals surface area contributed by atoms with Crippen molar-refractivity contribution in [3.05, 3.63) is 0 Å². The molecule has 2 unspecified atom stereocenters. The maximum atomic E-state index is 12.7. The number of phosphoric acid groups is 1. The van der Waals surface area contributed by atoms with E-state index in [1.807, 2.05) is 21.1 Å². The molecule has 0 N–H and O–H groups in total. The average molecular weight is 790 g/mol. The number of hydrogen-bond acceptors (Lipinski definition) is 7. The van der Waals surface area contributed by atoms with Crippen LogP contribution in [-0.4, -0.2) is 70.7 Å². The second kappa shape index (κ2) is 39.3. The minimum absolute atomic E-state index is 0.0315. The first-order valence-corrected chi connectivity index (χ1v) is 24.7. The highest BCUT2D eigenvalue weighted by Gasteiger charge is 2.20. The number of rotatable bonds is 44. The van der Waals surface area contributed by atoms with Gasteiger partial charge in [-0.1, -0.05) is 206 Å². The monoisotopic (exact) mass is 790 g/mol. The third kappa shape index (κ3) is 42.6. The lowest BCUT2D eigenvalue weighted by molar-refractivity contribution is -0.870. The van der Waals surface area contributed by atoms with Crippen LogP contribution in [0.15, 0.2) is 0 Å². The minimum Gasteiger partial charge on any atom is -0.756 e. The third-order valence-electron chi connectivity index (χ3n) is 10.4. The second-order valence-electron chi connectivity index (χ2n) is 17.1. The van der Waals surface area contributed by atoms with Crippen molar-refractivity contribution in [2.45, 2.75) is 232 Å². The van der Waals surface area contributed by atoms with Gasteiger partial charge in [-0.15, -0.1) is 0 Å². The second-order valence-corrected chi connectivity index (χ2v) is 18.5. The Labute approximate surface area is 336 Å². The van der Waals surface area contributed by atoms with Crippen molar-refractivity contribution in [1.82, 2.24) is 0 Å². The molecule has 0 aliphatic carbocycles. The summed E-state index contributed by atoms with van der Waals surface area (Å²) >= 11 is 0. The predicted octanol–water partition coefficient (Wildman–Crippen LogP) is 13.0. The number of likely N-dealkylation sites (N-methyl/N-ethyl adjacent to an activating group) is 1. The van der Waals surface area contributed by atoms with Crippen LogP contribution in [-0.2, 0) is 27.9 Å². The Morgan fingerprint density at radius 3 is 1.22 bits per heavy atom. The fraction of sp³-hybridized carbons (Fsp3) is 0.978. The minimum atomic E-state index is -4.52. The Bertz CT molecular complexity index is 837. The molecule has 0 rings (SSSR count). The summed E-state index contributed by atoms with van der Waals surface area (Å²) in [4.78, 5) is 25.1. The zero-order valence-electron chi connectivity index (χ0n) is 36.7. The summed E-state index contributed by atoms with van der Waals surface area (Å²) in [6.45, 7) is 5.47. The van der Waals surface area contributed by atoms with Crippen LogP contribution in [0.1, 0.15) is 226 Å². The number of carbonyl (C=O) groups excluding carboxylic acids is 1. The van der Waals surface area contributed by atoms with Crippen LogP contribution in [0, 0.1) is 0 Å². The number of quaternary nitrogens is 1. The van der Waals surface area contributed by atoms with E-state index in [9.17, 15) is 14.3 Å². The maximum absolute atomic E-state index is 12.7. The topological polar surface area (TPSA) is 94.1 Å². The molecule has 0 aliphatic rings. The molecule has 0 amide bonds. The standard InChI is InChI=1S/C45H92NO7P/c1-6-8-10-12-14-16-18-20-22-23-24-25-26-28-30-32-34-36-38-45(47)53-44(43-52-54(48,49)51-41-39-46(3,4)5)42-50-40-37-35-33-31-29-27-21-19-17-15-13-11-9-7-2/h44H,6-43H2,1-5H3. The van der Waals surface area contributed by atoms with Crippen molar-refractivity contribution in [2.75, 3.05) is 54.1 Å². The van der Waals surface area contributed by atoms with Gasteiger partial charge in [0.25, 0.3) is 7.82 Å². The van der Waals surface area contributed by atoms with Crippen molar-refractivity contribution < 1.29 is 37.3 Å². The van der Waals surface area contributed by atoms with E-state index in [1.54, 1.807) is 0 Å². The lowest BCUT2D eigenvalue weighted by Gasteiger charge is -2.28. The lowest BCUT2D eigenvalue weighted by Crippen LogP contribution is -2.37. The van der Waals surface area contributed by atoms with Crippen LogP contribution in [0.4, 0.5) is 0 Å². The van der Waals surface area contributed by atoms with E-state index in [1.165, 1.54) is 173 Å². The molecule has 0 aliphatic heterocycles. The first-order valence-electron chi connectivity index (χ1n) is 23.3. The molecule has 0 aromatic carbocycles. The molecule has 0 fully saturated rings. The highest BCUT2D eigenvalue weighted by molar-refractivity contribution is 7.45. The summed E-state index contributed by atoms with van der Waals surface area (Å²) in [5.41, 5.74) is 0. The van der Waals surface area contributed by atoms with Crippen LogP contribution in [0.2, 0.25) is 0 Å². The van der Waals surface area contributed by atoms with Gasteiger partial charge in [0.05, 0.1) is 34.4 Å². The van der Waals surface area contributed by atoms with Crippen LogP contribution >= 0.6 is 7.82 Å². The van der Waals surface area contributed by atoms with Crippen molar-refractivity contribution >= 4 is 13.8 Å². The van der Waals surface area contributed by atoms with Crippen LogP contribution in [0.3, 0.4) is 0 Å².